The van der Waals surface area contributed by atoms with Crippen molar-refractivity contribution >= 4 is 18.6 Å². The third-order valence-corrected chi connectivity index (χ3v) is 2.60. The lowest BCUT2D eigenvalue weighted by Crippen LogP contribution is -1.93. The Morgan fingerprint density at radius 1 is 1.20 bits per heavy atom. The summed E-state index contributed by atoms with van der Waals surface area (Å²) in [6.07, 6.45) is 1.02. The molecule has 0 aliphatic carbocycles. The van der Waals surface area contributed by atoms with E-state index in [1.54, 1.807) is 18.2 Å². The van der Waals surface area contributed by atoms with Gasteiger partial charge < -0.3 is 9.79 Å². The Labute approximate surface area is 86.0 Å². The smallest absolute Gasteiger partial charge is 0.324 e. The molecule has 15 heavy (non-hydrogen) atoms. The quantitative estimate of drug-likeness (QED) is 0.751. The van der Waals surface area contributed by atoms with Crippen LogP contribution in [0, 0.1) is 0 Å². The Morgan fingerprint density at radius 3 is 2.53 bits per heavy atom. The fourth-order valence-corrected chi connectivity index (χ4v) is 1.86. The average molecular weight is 224 g/mol. The van der Waals surface area contributed by atoms with Gasteiger partial charge in [-0.1, -0.05) is 12.1 Å². The van der Waals surface area contributed by atoms with E-state index in [0.29, 0.717) is 16.7 Å². The Hall–Kier alpha value is -1.29. The average Bonchev–Trinajstić information content (AvgIpc) is 2.15. The van der Waals surface area contributed by atoms with Gasteiger partial charge in [0.1, 0.15) is 0 Å². The summed E-state index contributed by atoms with van der Waals surface area (Å²) in [5, 5.41) is 0. The van der Waals surface area contributed by atoms with Crippen molar-refractivity contribution in [1.82, 2.24) is 9.97 Å². The molecule has 2 aromatic rings. The van der Waals surface area contributed by atoms with Gasteiger partial charge >= 0.3 is 7.60 Å². The molecule has 6 heteroatoms. The molecule has 1 aromatic carbocycles. The molecule has 0 atom stereocenters. The van der Waals surface area contributed by atoms with E-state index in [4.69, 9.17) is 9.79 Å². The molecular weight excluding hydrogens is 215 g/mol. The first-order valence-electron chi connectivity index (χ1n) is 4.30. The van der Waals surface area contributed by atoms with Gasteiger partial charge in [-0.15, -0.1) is 0 Å². The molecule has 0 saturated heterocycles. The zero-order valence-electron chi connectivity index (χ0n) is 7.74. The van der Waals surface area contributed by atoms with Crippen LogP contribution in [0.1, 0.15) is 5.69 Å². The maximum atomic E-state index is 10.8. The van der Waals surface area contributed by atoms with Crippen molar-refractivity contribution in [2.75, 3.05) is 0 Å². The maximum absolute atomic E-state index is 10.8. The van der Waals surface area contributed by atoms with Crippen LogP contribution in [0.15, 0.2) is 30.5 Å². The van der Waals surface area contributed by atoms with Crippen LogP contribution in [0.2, 0.25) is 0 Å². The Balaban J connectivity index is 2.43. The number of hydrogen-bond donors (Lipinski definition) is 2. The molecule has 2 N–H and O–H groups in total. The van der Waals surface area contributed by atoms with Gasteiger partial charge in [-0.05, 0) is 12.1 Å². The molecular formula is C9H9N2O3P. The van der Waals surface area contributed by atoms with E-state index in [2.05, 4.69) is 9.97 Å². The van der Waals surface area contributed by atoms with Crippen LogP contribution < -0.4 is 0 Å². The van der Waals surface area contributed by atoms with Gasteiger partial charge in [-0.2, -0.15) is 0 Å². The second-order valence-corrected chi connectivity index (χ2v) is 4.82. The molecule has 1 heterocycles. The van der Waals surface area contributed by atoms with E-state index < -0.39 is 7.60 Å². The lowest BCUT2D eigenvalue weighted by atomic mass is 10.3. The van der Waals surface area contributed by atoms with Crippen LogP contribution in [0.5, 0.6) is 0 Å². The van der Waals surface area contributed by atoms with E-state index in [9.17, 15) is 4.57 Å². The molecule has 0 unspecified atom stereocenters. The van der Waals surface area contributed by atoms with Crippen LogP contribution in [-0.4, -0.2) is 19.8 Å². The van der Waals surface area contributed by atoms with Crippen LogP contribution in [0.25, 0.3) is 11.0 Å². The van der Waals surface area contributed by atoms with Crippen LogP contribution in [0.3, 0.4) is 0 Å². The zero-order valence-corrected chi connectivity index (χ0v) is 8.63. The highest BCUT2D eigenvalue weighted by Gasteiger charge is 2.15. The SMILES string of the molecule is O=P(O)(O)Cc1cnc2ccccc2n1. The van der Waals surface area contributed by atoms with Crippen molar-refractivity contribution in [1.29, 1.82) is 0 Å². The number of hydrogen-bond acceptors (Lipinski definition) is 3. The summed E-state index contributed by atoms with van der Waals surface area (Å²) >= 11 is 0. The second-order valence-electron chi connectivity index (χ2n) is 3.17. The number of aromatic nitrogens is 2. The highest BCUT2D eigenvalue weighted by Crippen LogP contribution is 2.38. The summed E-state index contributed by atoms with van der Waals surface area (Å²) in [5.41, 5.74) is 1.66. The van der Waals surface area contributed by atoms with Gasteiger partial charge in [0.15, 0.2) is 0 Å². The Bertz CT molecular complexity index is 538. The number of benzene rings is 1. The minimum absolute atomic E-state index is 0.307. The molecule has 0 saturated carbocycles. The van der Waals surface area contributed by atoms with E-state index >= 15 is 0 Å². The van der Waals surface area contributed by atoms with E-state index in [-0.39, 0.29) is 6.16 Å². The molecule has 0 aliphatic rings. The predicted molar refractivity (Wildman–Crippen MR) is 55.3 cm³/mol. The molecule has 0 spiro atoms. The van der Waals surface area contributed by atoms with Gasteiger partial charge in [-0.25, -0.2) is 4.98 Å². The Kier molecular flexibility index (Phi) is 2.52. The molecule has 2 rings (SSSR count). The fraction of sp³-hybridized carbons (Fsp3) is 0.111. The predicted octanol–water partition coefficient (Wildman–Crippen LogP) is 1.31. The van der Waals surface area contributed by atoms with E-state index in [0.717, 1.165) is 0 Å². The van der Waals surface area contributed by atoms with E-state index in [1.165, 1.54) is 6.20 Å². The highest BCUT2D eigenvalue weighted by molar-refractivity contribution is 7.50. The van der Waals surface area contributed by atoms with E-state index in [1.807, 2.05) is 6.07 Å². The lowest BCUT2D eigenvalue weighted by molar-refractivity contribution is 0.371. The molecule has 0 radical (unpaired) electrons. The Morgan fingerprint density at radius 2 is 1.87 bits per heavy atom. The van der Waals surface area contributed by atoms with Crippen molar-refractivity contribution in [2.45, 2.75) is 6.16 Å². The minimum Gasteiger partial charge on any atom is -0.324 e. The van der Waals surface area contributed by atoms with Gasteiger partial charge in [0.2, 0.25) is 0 Å². The van der Waals surface area contributed by atoms with Gasteiger partial charge in [-0.3, -0.25) is 9.55 Å². The van der Waals surface area contributed by atoms with Crippen molar-refractivity contribution in [3.05, 3.63) is 36.2 Å². The standard InChI is InChI=1S/C9H9N2O3P/c12-15(13,14)6-7-5-10-8-3-1-2-4-9(8)11-7/h1-5H,6H2,(H2,12,13,14). The maximum Gasteiger partial charge on any atom is 0.331 e. The lowest BCUT2D eigenvalue weighted by Gasteiger charge is -2.03. The molecule has 0 aliphatic heterocycles. The number of fused-ring (bicyclic) bond motifs is 1. The van der Waals surface area contributed by atoms with Crippen molar-refractivity contribution in [3.63, 3.8) is 0 Å². The number of rotatable bonds is 2. The first-order valence-corrected chi connectivity index (χ1v) is 6.10. The normalized spacial score (nSPS) is 11.9. The summed E-state index contributed by atoms with van der Waals surface area (Å²) in [6.45, 7) is 0. The van der Waals surface area contributed by atoms with Crippen molar-refractivity contribution in [2.24, 2.45) is 0 Å². The van der Waals surface area contributed by atoms with Crippen LogP contribution in [-0.2, 0) is 10.7 Å². The monoisotopic (exact) mass is 224 g/mol. The summed E-state index contributed by atoms with van der Waals surface area (Å²) in [6, 6.07) is 7.19. The van der Waals surface area contributed by atoms with Crippen molar-refractivity contribution < 1.29 is 14.4 Å². The first kappa shape index (κ1) is 10.2. The minimum atomic E-state index is -4.07. The summed E-state index contributed by atoms with van der Waals surface area (Å²) in [7, 11) is -4.07. The molecule has 5 nitrogen and oxygen atoms in total. The molecule has 1 aromatic heterocycles. The van der Waals surface area contributed by atoms with Gasteiger partial charge in [0.25, 0.3) is 0 Å². The second kappa shape index (κ2) is 3.70. The summed E-state index contributed by atoms with van der Waals surface area (Å²) in [5.74, 6) is 0. The first-order chi connectivity index (χ1) is 7.04. The molecule has 0 amide bonds. The number of para-hydroxylation sites is 2. The van der Waals surface area contributed by atoms with Gasteiger partial charge in [0, 0.05) is 6.20 Å². The number of nitrogens with zero attached hydrogens (tertiary/aromatic N) is 2. The topological polar surface area (TPSA) is 83.3 Å². The third-order valence-electron chi connectivity index (χ3n) is 1.87. The van der Waals surface area contributed by atoms with Crippen LogP contribution >= 0.6 is 7.60 Å². The van der Waals surface area contributed by atoms with Crippen molar-refractivity contribution in [3.8, 4) is 0 Å². The summed E-state index contributed by atoms with van der Waals surface area (Å²) < 4.78 is 10.8. The van der Waals surface area contributed by atoms with Gasteiger partial charge in [0.05, 0.1) is 22.9 Å². The largest absolute Gasteiger partial charge is 0.331 e. The third kappa shape index (κ3) is 2.59. The fourth-order valence-electron chi connectivity index (χ4n) is 1.28. The van der Waals surface area contributed by atoms with Crippen LogP contribution in [0.4, 0.5) is 0 Å². The molecule has 0 fully saturated rings. The zero-order chi connectivity index (χ0) is 10.9. The highest BCUT2D eigenvalue weighted by atomic mass is 31.2. The molecule has 78 valence electrons. The molecule has 0 bridgehead atoms. The summed E-state index contributed by atoms with van der Waals surface area (Å²) in [4.78, 5) is 25.7.